The quantitative estimate of drug-likeness (QED) is 0.818. The second-order valence-electron chi connectivity index (χ2n) is 5.12. The third-order valence-electron chi connectivity index (χ3n) is 3.68. The number of nitrogens with zero attached hydrogens (tertiary/aromatic N) is 2. The van der Waals surface area contributed by atoms with Gasteiger partial charge < -0.3 is 10.6 Å². The van der Waals surface area contributed by atoms with Crippen LogP contribution in [0.15, 0.2) is 36.9 Å². The fraction of sp³-hybridized carbons (Fsp3) is 0.438. The van der Waals surface area contributed by atoms with Gasteiger partial charge in [0.1, 0.15) is 0 Å². The predicted octanol–water partition coefficient (Wildman–Crippen LogP) is 1.13. The van der Waals surface area contributed by atoms with Crippen LogP contribution >= 0.6 is 0 Å². The molecule has 108 valence electrons. The second kappa shape index (κ2) is 7.22. The fourth-order valence-corrected chi connectivity index (χ4v) is 2.48. The number of carbonyl (C=O) groups is 1. The average Bonchev–Trinajstić information content (AvgIpc) is 2.49. The molecule has 4 nitrogen and oxygen atoms in total. The van der Waals surface area contributed by atoms with Gasteiger partial charge in [-0.25, -0.2) is 0 Å². The van der Waals surface area contributed by atoms with Gasteiger partial charge >= 0.3 is 0 Å². The summed E-state index contributed by atoms with van der Waals surface area (Å²) in [7, 11) is 0. The molecule has 0 spiro atoms. The molecule has 1 fully saturated rings. The fourth-order valence-electron chi connectivity index (χ4n) is 2.48. The van der Waals surface area contributed by atoms with Crippen LogP contribution in [0.4, 0.5) is 0 Å². The van der Waals surface area contributed by atoms with Crippen molar-refractivity contribution in [2.45, 2.75) is 6.42 Å². The molecule has 1 aliphatic rings. The van der Waals surface area contributed by atoms with E-state index < -0.39 is 0 Å². The monoisotopic (exact) mass is 273 g/mol. The minimum absolute atomic E-state index is 0.127. The van der Waals surface area contributed by atoms with Crippen molar-refractivity contribution in [3.05, 3.63) is 48.0 Å². The van der Waals surface area contributed by atoms with Crippen LogP contribution < -0.4 is 5.73 Å². The number of amides is 1. The minimum Gasteiger partial charge on any atom is -0.336 e. The first-order chi connectivity index (χ1) is 9.74. The number of piperazine rings is 1. The maximum Gasteiger partial charge on any atom is 0.253 e. The summed E-state index contributed by atoms with van der Waals surface area (Å²) < 4.78 is 0. The van der Waals surface area contributed by atoms with Gasteiger partial charge in [0.2, 0.25) is 0 Å². The van der Waals surface area contributed by atoms with Crippen LogP contribution in [-0.4, -0.2) is 55.0 Å². The molecule has 0 atom stereocenters. The lowest BCUT2D eigenvalue weighted by molar-refractivity contribution is 0.0650. The number of hydrogen-bond donors (Lipinski definition) is 1. The van der Waals surface area contributed by atoms with Crippen LogP contribution in [0.1, 0.15) is 15.9 Å². The summed E-state index contributed by atoms with van der Waals surface area (Å²) >= 11 is 0. The molecule has 1 aliphatic heterocycles. The first kappa shape index (κ1) is 14.8. The van der Waals surface area contributed by atoms with Crippen LogP contribution in [0.3, 0.4) is 0 Å². The molecule has 20 heavy (non-hydrogen) atoms. The van der Waals surface area contributed by atoms with Crippen molar-refractivity contribution >= 4 is 5.91 Å². The SMILES string of the molecule is C=CCN1CCN(C(=O)c2ccc(CCN)cc2)CC1. The summed E-state index contributed by atoms with van der Waals surface area (Å²) in [6.45, 7) is 8.70. The van der Waals surface area contributed by atoms with Crippen molar-refractivity contribution in [3.63, 3.8) is 0 Å². The first-order valence-electron chi connectivity index (χ1n) is 7.16. The van der Waals surface area contributed by atoms with E-state index in [-0.39, 0.29) is 5.91 Å². The Kier molecular flexibility index (Phi) is 5.32. The van der Waals surface area contributed by atoms with Gasteiger partial charge in [-0.05, 0) is 30.7 Å². The highest BCUT2D eigenvalue weighted by Gasteiger charge is 2.21. The van der Waals surface area contributed by atoms with Crippen LogP contribution in [-0.2, 0) is 6.42 Å². The summed E-state index contributed by atoms with van der Waals surface area (Å²) in [5, 5.41) is 0. The molecule has 2 rings (SSSR count). The number of carbonyl (C=O) groups excluding carboxylic acids is 1. The van der Waals surface area contributed by atoms with Crippen molar-refractivity contribution in [3.8, 4) is 0 Å². The van der Waals surface area contributed by atoms with Gasteiger partial charge in [-0.3, -0.25) is 9.69 Å². The molecule has 0 radical (unpaired) electrons. The highest BCUT2D eigenvalue weighted by atomic mass is 16.2. The maximum atomic E-state index is 12.4. The van der Waals surface area contributed by atoms with E-state index in [2.05, 4.69) is 11.5 Å². The van der Waals surface area contributed by atoms with Crippen LogP contribution in [0.2, 0.25) is 0 Å². The van der Waals surface area contributed by atoms with Crippen molar-refractivity contribution in [1.82, 2.24) is 9.80 Å². The third-order valence-corrected chi connectivity index (χ3v) is 3.68. The van der Waals surface area contributed by atoms with Gasteiger partial charge in [0.25, 0.3) is 5.91 Å². The number of rotatable bonds is 5. The van der Waals surface area contributed by atoms with Crippen LogP contribution in [0, 0.1) is 0 Å². The molecular formula is C16H23N3O. The largest absolute Gasteiger partial charge is 0.336 e. The number of nitrogens with two attached hydrogens (primary N) is 1. The van der Waals surface area contributed by atoms with Crippen molar-refractivity contribution < 1.29 is 4.79 Å². The van der Waals surface area contributed by atoms with E-state index in [9.17, 15) is 4.79 Å². The normalized spacial score (nSPS) is 16.1. The number of hydrogen-bond acceptors (Lipinski definition) is 3. The van der Waals surface area contributed by atoms with Gasteiger partial charge in [0, 0.05) is 38.3 Å². The highest BCUT2D eigenvalue weighted by molar-refractivity contribution is 5.94. The lowest BCUT2D eigenvalue weighted by Crippen LogP contribution is -2.48. The predicted molar refractivity (Wildman–Crippen MR) is 81.7 cm³/mol. The highest BCUT2D eigenvalue weighted by Crippen LogP contribution is 2.10. The van der Waals surface area contributed by atoms with E-state index in [1.165, 1.54) is 5.56 Å². The van der Waals surface area contributed by atoms with E-state index in [1.54, 1.807) is 0 Å². The van der Waals surface area contributed by atoms with Crippen LogP contribution in [0.5, 0.6) is 0 Å². The van der Waals surface area contributed by atoms with Gasteiger partial charge in [-0.15, -0.1) is 6.58 Å². The zero-order valence-electron chi connectivity index (χ0n) is 11.9. The molecule has 1 aromatic carbocycles. The zero-order chi connectivity index (χ0) is 14.4. The summed E-state index contributed by atoms with van der Waals surface area (Å²) in [4.78, 5) is 16.6. The summed E-state index contributed by atoms with van der Waals surface area (Å²) in [5.74, 6) is 0.127. The second-order valence-corrected chi connectivity index (χ2v) is 5.12. The zero-order valence-corrected chi connectivity index (χ0v) is 11.9. The lowest BCUT2D eigenvalue weighted by atomic mass is 10.1. The first-order valence-corrected chi connectivity index (χ1v) is 7.16. The van der Waals surface area contributed by atoms with Gasteiger partial charge in [-0.1, -0.05) is 18.2 Å². The Morgan fingerprint density at radius 3 is 2.40 bits per heavy atom. The maximum absolute atomic E-state index is 12.4. The number of benzene rings is 1. The van der Waals surface area contributed by atoms with Gasteiger partial charge in [0.15, 0.2) is 0 Å². The Bertz CT molecular complexity index is 447. The molecule has 1 heterocycles. The molecule has 1 aromatic rings. The van der Waals surface area contributed by atoms with Crippen molar-refractivity contribution in [2.75, 3.05) is 39.3 Å². The van der Waals surface area contributed by atoms with E-state index in [4.69, 9.17) is 5.73 Å². The molecule has 2 N–H and O–H groups in total. The van der Waals surface area contributed by atoms with Crippen molar-refractivity contribution in [1.29, 1.82) is 0 Å². The lowest BCUT2D eigenvalue weighted by Gasteiger charge is -2.34. The van der Waals surface area contributed by atoms with E-state index in [1.807, 2.05) is 35.2 Å². The summed E-state index contributed by atoms with van der Waals surface area (Å²) in [6.07, 6.45) is 2.77. The topological polar surface area (TPSA) is 49.6 Å². The molecular weight excluding hydrogens is 250 g/mol. The molecule has 0 saturated carbocycles. The molecule has 0 bridgehead atoms. The minimum atomic E-state index is 0.127. The molecule has 1 saturated heterocycles. The Morgan fingerprint density at radius 2 is 1.85 bits per heavy atom. The summed E-state index contributed by atoms with van der Waals surface area (Å²) in [6, 6.07) is 7.80. The van der Waals surface area contributed by atoms with Gasteiger partial charge in [0.05, 0.1) is 0 Å². The smallest absolute Gasteiger partial charge is 0.253 e. The van der Waals surface area contributed by atoms with E-state index in [0.29, 0.717) is 6.54 Å². The Balaban J connectivity index is 1.93. The molecule has 0 unspecified atom stereocenters. The Labute approximate surface area is 120 Å². The Hall–Kier alpha value is -1.65. The molecule has 1 amide bonds. The van der Waals surface area contributed by atoms with Gasteiger partial charge in [-0.2, -0.15) is 0 Å². The third kappa shape index (κ3) is 3.68. The Morgan fingerprint density at radius 1 is 1.20 bits per heavy atom. The van der Waals surface area contributed by atoms with E-state index >= 15 is 0 Å². The average molecular weight is 273 g/mol. The standard InChI is InChI=1S/C16H23N3O/c1-2-9-18-10-12-19(13-11-18)16(20)15-5-3-14(4-6-15)7-8-17/h2-6H,1,7-13,17H2. The summed E-state index contributed by atoms with van der Waals surface area (Å²) in [5.41, 5.74) is 7.47. The van der Waals surface area contributed by atoms with Crippen molar-refractivity contribution in [2.24, 2.45) is 5.73 Å². The molecule has 0 aliphatic carbocycles. The molecule has 4 heteroatoms. The van der Waals surface area contributed by atoms with E-state index in [0.717, 1.165) is 44.7 Å². The molecule has 0 aromatic heterocycles. The van der Waals surface area contributed by atoms with Crippen LogP contribution in [0.25, 0.3) is 0 Å².